The van der Waals surface area contributed by atoms with Crippen LogP contribution in [0.4, 0.5) is 25.8 Å². The largest absolute Gasteiger partial charge is 0.497 e. The molecule has 184 valence electrons. The van der Waals surface area contributed by atoms with E-state index in [1.807, 2.05) is 0 Å². The van der Waals surface area contributed by atoms with E-state index in [0.29, 0.717) is 5.75 Å². The molecule has 0 bridgehead atoms. The van der Waals surface area contributed by atoms with E-state index < -0.39 is 32.1 Å². The molecule has 2 N–H and O–H groups in total. The Kier molecular flexibility index (Phi) is 7.81. The lowest BCUT2D eigenvalue weighted by Gasteiger charge is -2.13. The summed E-state index contributed by atoms with van der Waals surface area (Å²) in [4.78, 5) is 10.1. The van der Waals surface area contributed by atoms with E-state index in [1.54, 1.807) is 6.07 Å². The van der Waals surface area contributed by atoms with Gasteiger partial charge in [-0.05, 0) is 49.4 Å². The fraction of sp³-hybridized carbons (Fsp3) is 0.136. The predicted octanol–water partition coefficient (Wildman–Crippen LogP) is 4.84. The minimum absolute atomic E-state index is 0.0804. The average Bonchev–Trinajstić information content (AvgIpc) is 2.82. The van der Waals surface area contributed by atoms with E-state index in [2.05, 4.69) is 20.0 Å². The Labute approximate surface area is 199 Å². The number of nitro benzene ring substituents is 1. The number of hydrazone groups is 1. The normalized spacial score (nSPS) is 11.7. The van der Waals surface area contributed by atoms with E-state index in [1.165, 1.54) is 62.6 Å². The molecular formula is C22H20F2N4O6S. The first-order valence-corrected chi connectivity index (χ1v) is 11.4. The minimum Gasteiger partial charge on any atom is -0.497 e. The smallest absolute Gasteiger partial charge is 0.387 e. The summed E-state index contributed by atoms with van der Waals surface area (Å²) in [6, 6.07) is 15.1. The van der Waals surface area contributed by atoms with E-state index in [0.717, 1.165) is 12.1 Å². The Morgan fingerprint density at radius 3 is 2.40 bits per heavy atom. The first kappa shape index (κ1) is 25.4. The van der Waals surface area contributed by atoms with Gasteiger partial charge in [-0.2, -0.15) is 13.9 Å². The molecule has 0 amide bonds. The molecule has 0 spiro atoms. The Balaban J connectivity index is 1.96. The number of halogens is 2. The summed E-state index contributed by atoms with van der Waals surface area (Å²) in [6.45, 7) is -1.55. The van der Waals surface area contributed by atoms with Gasteiger partial charge in [0, 0.05) is 23.4 Å². The zero-order chi connectivity index (χ0) is 25.6. The summed E-state index contributed by atoms with van der Waals surface area (Å²) in [5, 5.41) is 15.3. The van der Waals surface area contributed by atoms with Gasteiger partial charge in [-0.3, -0.25) is 20.3 Å². The van der Waals surface area contributed by atoms with Crippen molar-refractivity contribution in [1.82, 2.24) is 0 Å². The maximum absolute atomic E-state index is 13.1. The lowest BCUT2D eigenvalue weighted by Crippen LogP contribution is -2.15. The highest BCUT2D eigenvalue weighted by molar-refractivity contribution is 7.92. The van der Waals surface area contributed by atoms with E-state index >= 15 is 0 Å². The van der Waals surface area contributed by atoms with Gasteiger partial charge in [-0.1, -0.05) is 12.1 Å². The van der Waals surface area contributed by atoms with Gasteiger partial charge in [-0.15, -0.1) is 0 Å². The zero-order valence-corrected chi connectivity index (χ0v) is 19.3. The summed E-state index contributed by atoms with van der Waals surface area (Å²) in [5.74, 6) is 0.384. The third-order valence-electron chi connectivity index (χ3n) is 4.64. The second kappa shape index (κ2) is 10.8. The number of non-ortho nitro benzene ring substituents is 1. The molecule has 0 aliphatic heterocycles. The number of hydrogen-bond donors (Lipinski definition) is 2. The molecule has 0 fully saturated rings. The number of para-hydroxylation sites is 1. The highest BCUT2D eigenvalue weighted by atomic mass is 32.2. The topological polar surface area (TPSA) is 132 Å². The van der Waals surface area contributed by atoms with Crippen molar-refractivity contribution in [3.8, 4) is 11.5 Å². The van der Waals surface area contributed by atoms with Crippen molar-refractivity contribution in [2.45, 2.75) is 18.4 Å². The van der Waals surface area contributed by atoms with Gasteiger partial charge in [0.25, 0.3) is 15.7 Å². The van der Waals surface area contributed by atoms with Crippen LogP contribution in [-0.4, -0.2) is 32.8 Å². The van der Waals surface area contributed by atoms with Crippen molar-refractivity contribution in [2.75, 3.05) is 17.3 Å². The van der Waals surface area contributed by atoms with Gasteiger partial charge in [0.05, 0.1) is 23.4 Å². The standard InChI is InChI=1S/C22H20F2N4O6S/c1-14(18-5-3-4-6-20(18)34-22(23)24)25-26-19-12-9-16(28(29)30)13-21(19)35(31,32)27-15-7-10-17(33-2)11-8-15/h3-13,22,26-27H,1-2H3/b25-14-. The molecule has 3 rings (SSSR count). The Bertz CT molecular complexity index is 1350. The fourth-order valence-corrected chi connectivity index (χ4v) is 4.21. The molecule has 0 aliphatic carbocycles. The molecule has 0 atom stereocenters. The van der Waals surface area contributed by atoms with E-state index in [9.17, 15) is 27.3 Å². The molecule has 0 radical (unpaired) electrons. The van der Waals surface area contributed by atoms with Crippen LogP contribution >= 0.6 is 0 Å². The summed E-state index contributed by atoms with van der Waals surface area (Å²) < 4.78 is 63.5. The number of alkyl halides is 2. The maximum atomic E-state index is 13.1. The highest BCUT2D eigenvalue weighted by Crippen LogP contribution is 2.29. The molecule has 3 aromatic rings. The van der Waals surface area contributed by atoms with Crippen molar-refractivity contribution in [3.05, 3.63) is 82.4 Å². The van der Waals surface area contributed by atoms with Crippen molar-refractivity contribution in [3.63, 3.8) is 0 Å². The Hall–Kier alpha value is -4.26. The molecule has 0 heterocycles. The number of methoxy groups -OCH3 is 1. The maximum Gasteiger partial charge on any atom is 0.387 e. The quantitative estimate of drug-likeness (QED) is 0.228. The highest BCUT2D eigenvalue weighted by Gasteiger charge is 2.23. The van der Waals surface area contributed by atoms with Crippen LogP contribution in [-0.2, 0) is 10.0 Å². The first-order chi connectivity index (χ1) is 16.6. The molecule has 0 saturated heterocycles. The number of nitro groups is 1. The van der Waals surface area contributed by atoms with Gasteiger partial charge < -0.3 is 9.47 Å². The summed E-state index contributed by atoms with van der Waals surface area (Å²) in [7, 11) is -2.85. The van der Waals surface area contributed by atoms with Crippen LogP contribution in [0.5, 0.6) is 11.5 Å². The van der Waals surface area contributed by atoms with Crippen LogP contribution in [0.15, 0.2) is 76.7 Å². The molecule has 35 heavy (non-hydrogen) atoms. The number of sulfonamides is 1. The second-order valence-corrected chi connectivity index (χ2v) is 8.61. The van der Waals surface area contributed by atoms with Crippen molar-refractivity contribution in [1.29, 1.82) is 0 Å². The van der Waals surface area contributed by atoms with Crippen LogP contribution in [0.3, 0.4) is 0 Å². The van der Waals surface area contributed by atoms with Gasteiger partial charge in [-0.25, -0.2) is 8.42 Å². The Morgan fingerprint density at radius 1 is 1.09 bits per heavy atom. The van der Waals surface area contributed by atoms with Crippen LogP contribution in [0.1, 0.15) is 12.5 Å². The molecular weight excluding hydrogens is 486 g/mol. The monoisotopic (exact) mass is 506 g/mol. The summed E-state index contributed by atoms with van der Waals surface area (Å²) >= 11 is 0. The second-order valence-electron chi connectivity index (χ2n) is 6.96. The zero-order valence-electron chi connectivity index (χ0n) is 18.4. The summed E-state index contributed by atoms with van der Waals surface area (Å²) in [6.07, 6.45) is 0. The third-order valence-corrected chi connectivity index (χ3v) is 6.07. The number of anilines is 2. The number of benzene rings is 3. The molecule has 10 nitrogen and oxygen atoms in total. The average molecular weight is 506 g/mol. The van der Waals surface area contributed by atoms with E-state index in [4.69, 9.17) is 4.74 Å². The van der Waals surface area contributed by atoms with Crippen LogP contribution in [0.2, 0.25) is 0 Å². The lowest BCUT2D eigenvalue weighted by molar-refractivity contribution is -0.385. The molecule has 13 heteroatoms. The SMILES string of the molecule is COc1ccc(NS(=O)(=O)c2cc([N+](=O)[O-])ccc2N/N=C(/C)c2ccccc2OC(F)F)cc1. The Morgan fingerprint density at radius 2 is 1.77 bits per heavy atom. The van der Waals surface area contributed by atoms with E-state index in [-0.39, 0.29) is 28.4 Å². The minimum atomic E-state index is -4.31. The fourth-order valence-electron chi connectivity index (χ4n) is 2.98. The molecule has 0 saturated carbocycles. The lowest BCUT2D eigenvalue weighted by atomic mass is 10.1. The number of rotatable bonds is 10. The van der Waals surface area contributed by atoms with Gasteiger partial charge >= 0.3 is 6.61 Å². The van der Waals surface area contributed by atoms with Crippen molar-refractivity contribution >= 4 is 32.8 Å². The van der Waals surface area contributed by atoms with Crippen LogP contribution < -0.4 is 19.6 Å². The number of ether oxygens (including phenoxy) is 2. The number of nitrogens with one attached hydrogen (secondary N) is 2. The summed E-state index contributed by atoms with van der Waals surface area (Å²) in [5.41, 5.74) is 2.65. The van der Waals surface area contributed by atoms with Gasteiger partial charge in [0.1, 0.15) is 16.4 Å². The molecule has 0 aliphatic rings. The molecule has 3 aromatic carbocycles. The molecule has 0 unspecified atom stereocenters. The molecule has 0 aromatic heterocycles. The number of nitrogens with zero attached hydrogens (tertiary/aromatic N) is 2. The van der Waals surface area contributed by atoms with Crippen molar-refractivity contribution < 1.29 is 31.6 Å². The first-order valence-electron chi connectivity index (χ1n) is 9.90. The van der Waals surface area contributed by atoms with Crippen LogP contribution in [0, 0.1) is 10.1 Å². The van der Waals surface area contributed by atoms with Crippen LogP contribution in [0.25, 0.3) is 0 Å². The van der Waals surface area contributed by atoms with Gasteiger partial charge in [0.2, 0.25) is 0 Å². The van der Waals surface area contributed by atoms with Gasteiger partial charge in [0.15, 0.2) is 0 Å². The number of hydrogen-bond acceptors (Lipinski definition) is 8. The third kappa shape index (κ3) is 6.41. The predicted molar refractivity (Wildman–Crippen MR) is 126 cm³/mol. The van der Waals surface area contributed by atoms with Crippen molar-refractivity contribution in [2.24, 2.45) is 5.10 Å².